The molecule has 3 heterocycles. The van der Waals surface area contributed by atoms with Gasteiger partial charge in [-0.05, 0) is 56.3 Å². The monoisotopic (exact) mass is 535 g/mol. The molecule has 0 spiro atoms. The number of hydrogen-bond donors (Lipinski definition) is 0. The van der Waals surface area contributed by atoms with E-state index in [-0.39, 0.29) is 26.6 Å². The summed E-state index contributed by atoms with van der Waals surface area (Å²) in [7, 11) is -2.27. The lowest BCUT2D eigenvalue weighted by Crippen LogP contribution is -2.20. The maximum absolute atomic E-state index is 14.1. The summed E-state index contributed by atoms with van der Waals surface area (Å²) in [6.45, 7) is 3.61. The fraction of sp³-hybridized carbons (Fsp3) is 0.100. The maximum atomic E-state index is 14.1. The Hall–Kier alpha value is -4.76. The molecule has 0 aliphatic heterocycles. The maximum Gasteiger partial charge on any atom is 0.281 e. The summed E-state index contributed by atoms with van der Waals surface area (Å²) in [4.78, 5) is 19.0. The molecular weight excluding hydrogens is 510 g/mol. The summed E-state index contributed by atoms with van der Waals surface area (Å²) < 4.78 is 33.0. The minimum Gasteiger partial charge on any atom is -0.285 e. The Morgan fingerprint density at radius 2 is 1.33 bits per heavy atom. The molecule has 0 atom stereocenters. The van der Waals surface area contributed by atoms with E-state index in [0.717, 1.165) is 5.69 Å². The standard InChI is InChI=1S/C30H25N5O3S/c1-20-25-19-26(39(37,38)24-17-11-6-12-18-24)28(31-29(25)34(32-20)22-13-7-4-8-14-22)27-21(2)33(3)35(30(27)36)23-15-9-5-10-16-23/h4-19H,1-3H3. The number of nitrogens with zero attached hydrogens (tertiary/aromatic N) is 5. The van der Waals surface area contributed by atoms with Crippen LogP contribution in [0.4, 0.5) is 0 Å². The molecule has 9 heteroatoms. The molecule has 0 N–H and O–H groups in total. The van der Waals surface area contributed by atoms with Crippen molar-refractivity contribution in [3.63, 3.8) is 0 Å². The van der Waals surface area contributed by atoms with E-state index in [9.17, 15) is 13.2 Å². The fourth-order valence-electron chi connectivity index (χ4n) is 4.86. The van der Waals surface area contributed by atoms with Crippen LogP contribution in [0, 0.1) is 13.8 Å². The van der Waals surface area contributed by atoms with Gasteiger partial charge in [-0.2, -0.15) is 5.10 Å². The summed E-state index contributed by atoms with van der Waals surface area (Å²) in [6.07, 6.45) is 0. The molecule has 8 nitrogen and oxygen atoms in total. The molecule has 6 aromatic rings. The van der Waals surface area contributed by atoms with E-state index in [2.05, 4.69) is 5.10 Å². The number of pyridine rings is 1. The molecule has 0 saturated carbocycles. The molecule has 6 rings (SSSR count). The predicted molar refractivity (Wildman–Crippen MR) is 150 cm³/mol. The lowest BCUT2D eigenvalue weighted by Gasteiger charge is -2.11. The van der Waals surface area contributed by atoms with Gasteiger partial charge in [0.15, 0.2) is 5.65 Å². The molecule has 0 aliphatic rings. The Bertz CT molecular complexity index is 2010. The first kappa shape index (κ1) is 24.6. The van der Waals surface area contributed by atoms with Crippen molar-refractivity contribution in [1.82, 2.24) is 24.1 Å². The summed E-state index contributed by atoms with van der Waals surface area (Å²) in [5.41, 5.74) is 3.07. The zero-order chi connectivity index (χ0) is 27.3. The Labute approximate surface area is 225 Å². The molecular formula is C30H25N5O3S. The van der Waals surface area contributed by atoms with Gasteiger partial charge < -0.3 is 0 Å². The van der Waals surface area contributed by atoms with E-state index >= 15 is 0 Å². The van der Waals surface area contributed by atoms with Gasteiger partial charge in [0, 0.05) is 18.1 Å². The number of rotatable bonds is 5. The van der Waals surface area contributed by atoms with Crippen LogP contribution in [0.3, 0.4) is 0 Å². The number of sulfone groups is 1. The second-order valence-corrected chi connectivity index (χ2v) is 11.2. The smallest absolute Gasteiger partial charge is 0.281 e. The van der Waals surface area contributed by atoms with Gasteiger partial charge in [-0.1, -0.05) is 54.6 Å². The fourth-order valence-corrected chi connectivity index (χ4v) is 6.31. The van der Waals surface area contributed by atoms with Crippen LogP contribution >= 0.6 is 0 Å². The van der Waals surface area contributed by atoms with Gasteiger partial charge in [-0.3, -0.25) is 9.48 Å². The third-order valence-electron chi connectivity index (χ3n) is 6.94. The third kappa shape index (κ3) is 3.90. The van der Waals surface area contributed by atoms with Crippen molar-refractivity contribution in [2.45, 2.75) is 23.6 Å². The quantitative estimate of drug-likeness (QED) is 0.309. The summed E-state index contributed by atoms with van der Waals surface area (Å²) in [5.74, 6) is 0. The van der Waals surface area contributed by atoms with Crippen molar-refractivity contribution in [2.24, 2.45) is 7.05 Å². The van der Waals surface area contributed by atoms with Crippen molar-refractivity contribution in [3.05, 3.63) is 119 Å². The molecule has 0 fully saturated rings. The normalized spacial score (nSPS) is 11.8. The second kappa shape index (κ2) is 9.21. The first-order chi connectivity index (χ1) is 18.8. The average Bonchev–Trinajstić information content (AvgIpc) is 3.40. The van der Waals surface area contributed by atoms with Crippen LogP contribution in [0.5, 0.6) is 0 Å². The predicted octanol–water partition coefficient (Wildman–Crippen LogP) is 5.03. The van der Waals surface area contributed by atoms with Crippen LogP contribution in [-0.2, 0) is 16.9 Å². The Kier molecular flexibility index (Phi) is 5.80. The highest BCUT2D eigenvalue weighted by Gasteiger charge is 2.30. The van der Waals surface area contributed by atoms with E-state index in [4.69, 9.17) is 4.98 Å². The largest absolute Gasteiger partial charge is 0.285 e. The van der Waals surface area contributed by atoms with E-state index in [0.29, 0.717) is 28.1 Å². The lowest BCUT2D eigenvalue weighted by molar-refractivity contribution is 0.596. The second-order valence-electron chi connectivity index (χ2n) is 9.29. The van der Waals surface area contributed by atoms with Gasteiger partial charge in [0.1, 0.15) is 0 Å². The van der Waals surface area contributed by atoms with Crippen molar-refractivity contribution in [3.8, 4) is 22.6 Å². The number of aryl methyl sites for hydroxylation is 1. The molecule has 0 bridgehead atoms. The van der Waals surface area contributed by atoms with Gasteiger partial charge in [0.05, 0.1) is 38.1 Å². The molecule has 0 aliphatic carbocycles. The van der Waals surface area contributed by atoms with Crippen molar-refractivity contribution < 1.29 is 8.42 Å². The Balaban J connectivity index is 1.73. The number of hydrogen-bond acceptors (Lipinski definition) is 5. The van der Waals surface area contributed by atoms with Crippen molar-refractivity contribution >= 4 is 20.9 Å². The van der Waals surface area contributed by atoms with Gasteiger partial charge >= 0.3 is 0 Å². The zero-order valence-corrected chi connectivity index (χ0v) is 22.4. The highest BCUT2D eigenvalue weighted by Crippen LogP contribution is 2.35. The first-order valence-corrected chi connectivity index (χ1v) is 13.9. The van der Waals surface area contributed by atoms with E-state index < -0.39 is 9.84 Å². The number of benzene rings is 3. The van der Waals surface area contributed by atoms with Gasteiger partial charge in [-0.15, -0.1) is 0 Å². The molecule has 39 heavy (non-hydrogen) atoms. The van der Waals surface area contributed by atoms with Crippen LogP contribution in [0.1, 0.15) is 11.4 Å². The molecule has 0 radical (unpaired) electrons. The molecule has 3 aromatic carbocycles. The topological polar surface area (TPSA) is 91.8 Å². The van der Waals surface area contributed by atoms with E-state index in [1.807, 2.05) is 67.6 Å². The third-order valence-corrected chi connectivity index (χ3v) is 8.73. The molecule has 0 saturated heterocycles. The molecule has 3 aromatic heterocycles. The van der Waals surface area contributed by atoms with Crippen molar-refractivity contribution in [2.75, 3.05) is 0 Å². The number of para-hydroxylation sites is 2. The molecule has 0 amide bonds. The zero-order valence-electron chi connectivity index (χ0n) is 21.6. The van der Waals surface area contributed by atoms with Crippen molar-refractivity contribution in [1.29, 1.82) is 0 Å². The van der Waals surface area contributed by atoms with Crippen LogP contribution < -0.4 is 5.56 Å². The summed E-state index contributed by atoms with van der Waals surface area (Å²) in [5, 5.41) is 5.27. The number of aromatic nitrogens is 5. The Morgan fingerprint density at radius 1 is 0.769 bits per heavy atom. The van der Waals surface area contributed by atoms with Gasteiger partial charge in [0.25, 0.3) is 5.56 Å². The minimum absolute atomic E-state index is 0.0390. The summed E-state index contributed by atoms with van der Waals surface area (Å²) >= 11 is 0. The van der Waals surface area contributed by atoms with Crippen LogP contribution in [0.25, 0.3) is 33.7 Å². The SMILES string of the molecule is Cc1nn(-c2ccccc2)c2nc(-c3c(C)n(C)n(-c4ccccc4)c3=O)c(S(=O)(=O)c3ccccc3)cc12. The molecule has 194 valence electrons. The lowest BCUT2D eigenvalue weighted by atomic mass is 10.1. The minimum atomic E-state index is -4.04. The first-order valence-electron chi connectivity index (χ1n) is 12.4. The molecule has 0 unspecified atom stereocenters. The summed E-state index contributed by atoms with van der Waals surface area (Å²) in [6, 6.07) is 28.5. The van der Waals surface area contributed by atoms with E-state index in [1.165, 1.54) is 4.68 Å². The highest BCUT2D eigenvalue weighted by atomic mass is 32.2. The van der Waals surface area contributed by atoms with E-state index in [1.54, 1.807) is 59.7 Å². The Morgan fingerprint density at radius 3 is 1.95 bits per heavy atom. The van der Waals surface area contributed by atoms with Crippen LogP contribution in [0.15, 0.2) is 112 Å². The van der Waals surface area contributed by atoms with Crippen LogP contribution in [-0.4, -0.2) is 32.5 Å². The average molecular weight is 536 g/mol. The van der Waals surface area contributed by atoms with Crippen LogP contribution in [0.2, 0.25) is 0 Å². The highest BCUT2D eigenvalue weighted by molar-refractivity contribution is 7.91. The van der Waals surface area contributed by atoms with Gasteiger partial charge in [0.2, 0.25) is 9.84 Å². The number of fused-ring (bicyclic) bond motifs is 1. The van der Waals surface area contributed by atoms with Gasteiger partial charge in [-0.25, -0.2) is 22.8 Å².